The van der Waals surface area contributed by atoms with Crippen molar-refractivity contribution in [3.05, 3.63) is 36.4 Å². The maximum Gasteiger partial charge on any atom is 0.236 e. The summed E-state index contributed by atoms with van der Waals surface area (Å²) in [5, 5.41) is 5.18. The van der Waals surface area contributed by atoms with Crippen LogP contribution in [0.15, 0.2) is 36.4 Å². The molecule has 6 nitrogen and oxygen atoms in total. The fraction of sp³-hybridized carbons (Fsp3) is 0.389. The number of rotatable bonds is 7. The third kappa shape index (κ3) is 5.22. The van der Waals surface area contributed by atoms with E-state index in [4.69, 9.17) is 15.2 Å². The van der Waals surface area contributed by atoms with Crippen molar-refractivity contribution in [3.8, 4) is 5.75 Å². The molecule has 0 unspecified atom stereocenters. The summed E-state index contributed by atoms with van der Waals surface area (Å²) in [4.78, 5) is 13.4. The zero-order valence-corrected chi connectivity index (χ0v) is 14.9. The van der Waals surface area contributed by atoms with Gasteiger partial charge in [-0.2, -0.15) is 0 Å². The van der Waals surface area contributed by atoms with E-state index < -0.39 is 5.91 Å². The first kappa shape index (κ1) is 19.3. The van der Waals surface area contributed by atoms with Crippen molar-refractivity contribution in [1.82, 2.24) is 4.90 Å². The van der Waals surface area contributed by atoms with E-state index in [1.165, 1.54) is 0 Å². The number of carbonyl (C=O) groups is 1. The lowest BCUT2D eigenvalue weighted by molar-refractivity contribution is -0.116. The number of benzene rings is 2. The molecule has 3 rings (SSSR count). The molecular formula is C18H24ClN3O3. The van der Waals surface area contributed by atoms with Crippen molar-refractivity contribution in [1.29, 1.82) is 0 Å². The molecule has 136 valence electrons. The first-order valence-corrected chi connectivity index (χ1v) is 8.21. The van der Waals surface area contributed by atoms with Gasteiger partial charge in [0.2, 0.25) is 5.91 Å². The van der Waals surface area contributed by atoms with Gasteiger partial charge in [0.15, 0.2) is 0 Å². The van der Waals surface area contributed by atoms with Gasteiger partial charge in [-0.3, -0.25) is 9.69 Å². The van der Waals surface area contributed by atoms with E-state index in [0.29, 0.717) is 6.61 Å². The number of ether oxygens (including phenoxy) is 2. The number of nitrogens with two attached hydrogens (primary N) is 1. The van der Waals surface area contributed by atoms with Gasteiger partial charge < -0.3 is 20.5 Å². The standard InChI is InChI=1S/C18H23N3O3.ClH/c19-17(22)13-20-16-6-5-14-3-1-2-4-15(14)18(16)24-12-9-21-7-10-23-11-8-21;/h1-6,20H,7-13H2,(H2,19,22);1H. The summed E-state index contributed by atoms with van der Waals surface area (Å²) >= 11 is 0. The van der Waals surface area contributed by atoms with Gasteiger partial charge in [0.05, 0.1) is 25.4 Å². The van der Waals surface area contributed by atoms with Crippen LogP contribution in [0.2, 0.25) is 0 Å². The normalized spacial score (nSPS) is 14.7. The number of anilines is 1. The number of nitrogens with zero attached hydrogens (tertiary/aromatic N) is 1. The SMILES string of the molecule is Cl.NC(=O)CNc1ccc2ccccc2c1OCCN1CCOCC1. The van der Waals surface area contributed by atoms with Crippen LogP contribution in [0.1, 0.15) is 0 Å². The van der Waals surface area contributed by atoms with E-state index in [-0.39, 0.29) is 19.0 Å². The number of primary amides is 1. The first-order valence-electron chi connectivity index (χ1n) is 8.21. The zero-order valence-electron chi connectivity index (χ0n) is 14.1. The number of fused-ring (bicyclic) bond motifs is 1. The first-order chi connectivity index (χ1) is 11.7. The van der Waals surface area contributed by atoms with Crippen LogP contribution in [-0.2, 0) is 9.53 Å². The molecule has 0 atom stereocenters. The highest BCUT2D eigenvalue weighted by Crippen LogP contribution is 2.33. The van der Waals surface area contributed by atoms with Crippen LogP contribution in [0.5, 0.6) is 5.75 Å². The third-order valence-electron chi connectivity index (χ3n) is 4.09. The van der Waals surface area contributed by atoms with Crippen molar-refractivity contribution in [2.24, 2.45) is 5.73 Å². The number of nitrogens with one attached hydrogen (secondary N) is 1. The van der Waals surface area contributed by atoms with Crippen LogP contribution < -0.4 is 15.8 Å². The Kier molecular flexibility index (Phi) is 7.31. The predicted molar refractivity (Wildman–Crippen MR) is 102 cm³/mol. The average molecular weight is 366 g/mol. The number of hydrogen-bond donors (Lipinski definition) is 2. The van der Waals surface area contributed by atoms with E-state index in [1.54, 1.807) is 0 Å². The third-order valence-corrected chi connectivity index (χ3v) is 4.09. The highest BCUT2D eigenvalue weighted by molar-refractivity contribution is 5.94. The Morgan fingerprint density at radius 1 is 1.20 bits per heavy atom. The van der Waals surface area contributed by atoms with Crippen molar-refractivity contribution < 1.29 is 14.3 Å². The summed E-state index contributed by atoms with van der Waals surface area (Å²) in [5.41, 5.74) is 6.03. The molecule has 2 aromatic rings. The number of carbonyl (C=O) groups excluding carboxylic acids is 1. The fourth-order valence-electron chi connectivity index (χ4n) is 2.82. The highest BCUT2D eigenvalue weighted by atomic mass is 35.5. The lowest BCUT2D eigenvalue weighted by Crippen LogP contribution is -2.38. The summed E-state index contributed by atoms with van der Waals surface area (Å²) < 4.78 is 11.4. The van der Waals surface area contributed by atoms with E-state index in [1.807, 2.05) is 36.4 Å². The zero-order chi connectivity index (χ0) is 16.8. The summed E-state index contributed by atoms with van der Waals surface area (Å²) in [7, 11) is 0. The molecule has 1 aliphatic heterocycles. The van der Waals surface area contributed by atoms with E-state index in [0.717, 1.165) is 55.1 Å². The Labute approximate surface area is 153 Å². The molecule has 1 amide bonds. The molecule has 0 radical (unpaired) electrons. The minimum Gasteiger partial charge on any atom is -0.489 e. The second-order valence-electron chi connectivity index (χ2n) is 5.79. The molecule has 0 spiro atoms. The minimum atomic E-state index is -0.401. The Morgan fingerprint density at radius 2 is 1.96 bits per heavy atom. The quantitative estimate of drug-likeness (QED) is 0.783. The maximum absolute atomic E-state index is 11.1. The van der Waals surface area contributed by atoms with Crippen LogP contribution >= 0.6 is 12.4 Å². The van der Waals surface area contributed by atoms with Gasteiger partial charge in [0, 0.05) is 25.0 Å². The Morgan fingerprint density at radius 3 is 2.72 bits per heavy atom. The molecule has 7 heteroatoms. The van der Waals surface area contributed by atoms with Gasteiger partial charge >= 0.3 is 0 Å². The fourth-order valence-corrected chi connectivity index (χ4v) is 2.82. The molecule has 1 saturated heterocycles. The summed E-state index contributed by atoms with van der Waals surface area (Å²) in [5.74, 6) is 0.366. The molecular weight excluding hydrogens is 342 g/mol. The monoisotopic (exact) mass is 365 g/mol. The second kappa shape index (κ2) is 9.46. The summed E-state index contributed by atoms with van der Waals surface area (Å²) in [6.07, 6.45) is 0. The smallest absolute Gasteiger partial charge is 0.236 e. The molecule has 0 aromatic heterocycles. The maximum atomic E-state index is 11.1. The summed E-state index contributed by atoms with van der Waals surface area (Å²) in [6.45, 7) is 4.94. The summed E-state index contributed by atoms with van der Waals surface area (Å²) in [6, 6.07) is 12.0. The van der Waals surface area contributed by atoms with Gasteiger partial charge in [-0.05, 0) is 11.5 Å². The molecule has 2 aromatic carbocycles. The number of hydrogen-bond acceptors (Lipinski definition) is 5. The number of halogens is 1. The van der Waals surface area contributed by atoms with Crippen molar-refractivity contribution in [3.63, 3.8) is 0 Å². The molecule has 0 aliphatic carbocycles. The molecule has 1 aliphatic rings. The van der Waals surface area contributed by atoms with Crippen molar-refractivity contribution in [2.75, 3.05) is 51.3 Å². The van der Waals surface area contributed by atoms with E-state index in [2.05, 4.69) is 10.2 Å². The van der Waals surface area contributed by atoms with Crippen molar-refractivity contribution in [2.45, 2.75) is 0 Å². The van der Waals surface area contributed by atoms with Crippen LogP contribution in [0.3, 0.4) is 0 Å². The Hall–Kier alpha value is -2.02. The van der Waals surface area contributed by atoms with Gasteiger partial charge in [-0.15, -0.1) is 12.4 Å². The number of amides is 1. The van der Waals surface area contributed by atoms with Crippen LogP contribution in [0.25, 0.3) is 10.8 Å². The van der Waals surface area contributed by atoms with Crippen LogP contribution in [-0.4, -0.2) is 56.8 Å². The minimum absolute atomic E-state index is 0. The Balaban J connectivity index is 0.00000225. The largest absolute Gasteiger partial charge is 0.489 e. The van der Waals surface area contributed by atoms with Crippen LogP contribution in [0, 0.1) is 0 Å². The van der Waals surface area contributed by atoms with Gasteiger partial charge in [-0.1, -0.05) is 30.3 Å². The molecule has 1 fully saturated rings. The van der Waals surface area contributed by atoms with Gasteiger partial charge in [0.1, 0.15) is 12.4 Å². The lowest BCUT2D eigenvalue weighted by atomic mass is 10.1. The van der Waals surface area contributed by atoms with Gasteiger partial charge in [0.25, 0.3) is 0 Å². The molecule has 25 heavy (non-hydrogen) atoms. The number of morpholine rings is 1. The molecule has 0 bridgehead atoms. The average Bonchev–Trinajstić information content (AvgIpc) is 2.61. The second-order valence-corrected chi connectivity index (χ2v) is 5.79. The molecule has 0 saturated carbocycles. The van der Waals surface area contributed by atoms with E-state index in [9.17, 15) is 4.79 Å². The lowest BCUT2D eigenvalue weighted by Gasteiger charge is -2.26. The Bertz CT molecular complexity index is 705. The molecule has 3 N–H and O–H groups in total. The highest BCUT2D eigenvalue weighted by Gasteiger charge is 2.13. The van der Waals surface area contributed by atoms with Crippen LogP contribution in [0.4, 0.5) is 5.69 Å². The van der Waals surface area contributed by atoms with Gasteiger partial charge in [-0.25, -0.2) is 0 Å². The molecule has 1 heterocycles. The van der Waals surface area contributed by atoms with E-state index >= 15 is 0 Å². The topological polar surface area (TPSA) is 76.8 Å². The predicted octanol–water partition coefficient (Wildman–Crippen LogP) is 1.87. The van der Waals surface area contributed by atoms with Crippen molar-refractivity contribution >= 4 is 34.8 Å².